The highest BCUT2D eigenvalue weighted by Crippen LogP contribution is 2.24. The number of methoxy groups -OCH3 is 1. The highest BCUT2D eigenvalue weighted by molar-refractivity contribution is 6.34. The van der Waals surface area contributed by atoms with Gasteiger partial charge >= 0.3 is 5.97 Å². The Morgan fingerprint density at radius 1 is 1.00 bits per heavy atom. The van der Waals surface area contributed by atoms with E-state index in [0.717, 1.165) is 6.42 Å². The maximum Gasteiger partial charge on any atom is 0.337 e. The third-order valence-corrected chi connectivity index (χ3v) is 3.89. The highest BCUT2D eigenvalue weighted by Gasteiger charge is 2.14. The van der Waals surface area contributed by atoms with Gasteiger partial charge in [-0.1, -0.05) is 24.6 Å². The summed E-state index contributed by atoms with van der Waals surface area (Å²) in [5.41, 5.74) is 1.23. The maximum atomic E-state index is 12.5. The van der Waals surface area contributed by atoms with Gasteiger partial charge in [-0.3, -0.25) is 9.59 Å². The highest BCUT2D eigenvalue weighted by atomic mass is 35.5. The van der Waals surface area contributed by atoms with Crippen LogP contribution in [-0.4, -0.2) is 31.4 Å². The number of benzene rings is 2. The summed E-state index contributed by atoms with van der Waals surface area (Å²) >= 11 is 6.08. The van der Waals surface area contributed by atoms with E-state index >= 15 is 0 Å². The molecule has 2 N–H and O–H groups in total. The molecule has 0 saturated carbocycles. The van der Waals surface area contributed by atoms with Crippen molar-refractivity contribution in [3.63, 3.8) is 0 Å². The molecular formula is C19H19ClN2O4. The van der Waals surface area contributed by atoms with Crippen molar-refractivity contribution in [2.45, 2.75) is 13.3 Å². The Morgan fingerprint density at radius 3 is 2.35 bits per heavy atom. The molecular weight excluding hydrogens is 356 g/mol. The van der Waals surface area contributed by atoms with Crippen LogP contribution in [0.3, 0.4) is 0 Å². The van der Waals surface area contributed by atoms with Gasteiger partial charge < -0.3 is 15.4 Å². The van der Waals surface area contributed by atoms with Crippen LogP contribution in [0.2, 0.25) is 5.02 Å². The Morgan fingerprint density at radius 2 is 1.69 bits per heavy atom. The normalized spacial score (nSPS) is 10.1. The third kappa shape index (κ3) is 4.83. The van der Waals surface area contributed by atoms with Gasteiger partial charge in [0.1, 0.15) is 0 Å². The van der Waals surface area contributed by atoms with Crippen LogP contribution in [0.15, 0.2) is 42.5 Å². The number of anilines is 1. The zero-order valence-corrected chi connectivity index (χ0v) is 15.2. The number of esters is 1. The van der Waals surface area contributed by atoms with E-state index in [1.54, 1.807) is 18.2 Å². The van der Waals surface area contributed by atoms with Gasteiger partial charge in [0.25, 0.3) is 11.8 Å². The van der Waals surface area contributed by atoms with E-state index in [1.165, 1.54) is 31.4 Å². The van der Waals surface area contributed by atoms with E-state index in [-0.39, 0.29) is 22.2 Å². The molecule has 7 heteroatoms. The van der Waals surface area contributed by atoms with Crippen LogP contribution in [-0.2, 0) is 4.74 Å². The fourth-order valence-electron chi connectivity index (χ4n) is 2.20. The Balaban J connectivity index is 2.20. The first-order valence-electron chi connectivity index (χ1n) is 8.03. The van der Waals surface area contributed by atoms with Crippen LogP contribution in [0.1, 0.15) is 44.4 Å². The summed E-state index contributed by atoms with van der Waals surface area (Å²) in [6.45, 7) is 2.52. The number of ether oxygens (including phenoxy) is 1. The molecule has 2 amide bonds. The molecule has 0 saturated heterocycles. The van der Waals surface area contributed by atoms with Gasteiger partial charge in [-0.05, 0) is 42.8 Å². The van der Waals surface area contributed by atoms with Crippen LogP contribution in [0.4, 0.5) is 5.69 Å². The molecule has 26 heavy (non-hydrogen) atoms. The summed E-state index contributed by atoms with van der Waals surface area (Å²) in [6, 6.07) is 10.8. The fraction of sp³-hybridized carbons (Fsp3) is 0.211. The average molecular weight is 375 g/mol. The maximum absolute atomic E-state index is 12.5. The molecule has 0 heterocycles. The first kappa shape index (κ1) is 19.5. The number of carbonyl (C=O) groups excluding carboxylic acids is 3. The van der Waals surface area contributed by atoms with Crippen molar-refractivity contribution in [1.82, 2.24) is 5.32 Å². The molecule has 0 aliphatic rings. The van der Waals surface area contributed by atoms with E-state index in [2.05, 4.69) is 15.4 Å². The Hall–Kier alpha value is -2.86. The van der Waals surface area contributed by atoms with Gasteiger partial charge in [-0.2, -0.15) is 0 Å². The molecule has 0 fully saturated rings. The van der Waals surface area contributed by atoms with Crippen LogP contribution >= 0.6 is 11.6 Å². The summed E-state index contributed by atoms with van der Waals surface area (Å²) in [4.78, 5) is 36.1. The van der Waals surface area contributed by atoms with Gasteiger partial charge in [-0.25, -0.2) is 4.79 Å². The number of hydrogen-bond acceptors (Lipinski definition) is 4. The van der Waals surface area contributed by atoms with E-state index in [1.807, 2.05) is 6.92 Å². The van der Waals surface area contributed by atoms with Crippen LogP contribution in [0, 0.1) is 0 Å². The Bertz CT molecular complexity index is 836. The SMILES string of the molecule is CCCNC(=O)c1cccc(C(=O)Nc2cc(C(=O)OC)ccc2Cl)c1. The fourth-order valence-corrected chi connectivity index (χ4v) is 2.37. The standard InChI is InChI=1S/C19H19ClN2O4/c1-3-9-21-17(23)12-5-4-6-13(10-12)18(24)22-16-11-14(19(25)26-2)7-8-15(16)20/h4-8,10-11H,3,9H2,1-2H3,(H,21,23)(H,22,24). The minimum atomic E-state index is -0.535. The molecule has 0 radical (unpaired) electrons. The second-order valence-electron chi connectivity index (χ2n) is 5.48. The molecule has 2 aromatic carbocycles. The van der Waals surface area contributed by atoms with Crippen molar-refractivity contribution in [3.05, 3.63) is 64.2 Å². The minimum absolute atomic E-state index is 0.243. The minimum Gasteiger partial charge on any atom is -0.465 e. The quantitative estimate of drug-likeness (QED) is 0.757. The van der Waals surface area contributed by atoms with Gasteiger partial charge in [0, 0.05) is 17.7 Å². The van der Waals surface area contributed by atoms with Crippen molar-refractivity contribution in [3.8, 4) is 0 Å². The van der Waals surface area contributed by atoms with Gasteiger partial charge in [0.15, 0.2) is 0 Å². The lowest BCUT2D eigenvalue weighted by Gasteiger charge is -2.10. The number of halogens is 1. The first-order valence-corrected chi connectivity index (χ1v) is 8.41. The van der Waals surface area contributed by atoms with Crippen LogP contribution < -0.4 is 10.6 Å². The molecule has 0 spiro atoms. The second kappa shape index (κ2) is 9.01. The monoisotopic (exact) mass is 374 g/mol. The molecule has 2 rings (SSSR count). The molecule has 136 valence electrons. The first-order chi connectivity index (χ1) is 12.5. The summed E-state index contributed by atoms with van der Waals surface area (Å²) < 4.78 is 4.66. The molecule has 0 bridgehead atoms. The van der Waals surface area contributed by atoms with Gasteiger partial charge in [0.2, 0.25) is 0 Å². The lowest BCUT2D eigenvalue weighted by atomic mass is 10.1. The van der Waals surface area contributed by atoms with Gasteiger partial charge in [-0.15, -0.1) is 0 Å². The van der Waals surface area contributed by atoms with Gasteiger partial charge in [0.05, 0.1) is 23.4 Å². The molecule has 0 unspecified atom stereocenters. The molecule has 6 nitrogen and oxygen atoms in total. The number of nitrogens with one attached hydrogen (secondary N) is 2. The summed E-state index contributed by atoms with van der Waals surface area (Å²) in [5, 5.41) is 5.68. The van der Waals surface area contributed by atoms with Crippen molar-refractivity contribution >= 4 is 35.1 Å². The molecule has 0 aliphatic heterocycles. The lowest BCUT2D eigenvalue weighted by Crippen LogP contribution is -2.24. The summed E-state index contributed by atoms with van der Waals surface area (Å²) in [7, 11) is 1.27. The van der Waals surface area contributed by atoms with Crippen LogP contribution in [0.25, 0.3) is 0 Å². The third-order valence-electron chi connectivity index (χ3n) is 3.56. The van der Waals surface area contributed by atoms with E-state index in [9.17, 15) is 14.4 Å². The zero-order chi connectivity index (χ0) is 19.1. The molecule has 0 atom stereocenters. The van der Waals surface area contributed by atoms with Crippen molar-refractivity contribution in [1.29, 1.82) is 0 Å². The molecule has 2 aromatic rings. The zero-order valence-electron chi connectivity index (χ0n) is 14.5. The summed E-state index contributed by atoms with van der Waals surface area (Å²) in [5.74, 6) is -1.22. The number of amides is 2. The predicted molar refractivity (Wildman–Crippen MR) is 99.8 cm³/mol. The Labute approximate surface area is 156 Å². The summed E-state index contributed by atoms with van der Waals surface area (Å²) in [6.07, 6.45) is 0.820. The smallest absolute Gasteiger partial charge is 0.337 e. The Kier molecular flexibility index (Phi) is 6.74. The second-order valence-corrected chi connectivity index (χ2v) is 5.88. The van der Waals surface area contributed by atoms with Crippen LogP contribution in [0.5, 0.6) is 0 Å². The number of carbonyl (C=O) groups is 3. The lowest BCUT2D eigenvalue weighted by molar-refractivity contribution is 0.0600. The predicted octanol–water partition coefficient (Wildman–Crippen LogP) is 3.52. The number of rotatable bonds is 6. The van der Waals surface area contributed by atoms with E-state index in [4.69, 9.17) is 11.6 Å². The van der Waals surface area contributed by atoms with E-state index < -0.39 is 11.9 Å². The molecule has 0 aliphatic carbocycles. The average Bonchev–Trinajstić information content (AvgIpc) is 2.67. The van der Waals surface area contributed by atoms with Crippen molar-refractivity contribution in [2.24, 2.45) is 0 Å². The largest absolute Gasteiger partial charge is 0.465 e. The number of hydrogen-bond donors (Lipinski definition) is 2. The topological polar surface area (TPSA) is 84.5 Å². The van der Waals surface area contributed by atoms with E-state index in [0.29, 0.717) is 17.7 Å². The van der Waals surface area contributed by atoms with Crippen molar-refractivity contribution in [2.75, 3.05) is 19.0 Å². The molecule has 0 aromatic heterocycles. The van der Waals surface area contributed by atoms with Crippen molar-refractivity contribution < 1.29 is 19.1 Å².